The third-order valence-corrected chi connectivity index (χ3v) is 4.50. The summed E-state index contributed by atoms with van der Waals surface area (Å²) in [6.07, 6.45) is 1.97. The summed E-state index contributed by atoms with van der Waals surface area (Å²) < 4.78 is 16.5. The van der Waals surface area contributed by atoms with E-state index in [1.54, 1.807) is 13.8 Å². The van der Waals surface area contributed by atoms with E-state index in [9.17, 15) is 13.8 Å². The molecule has 5 nitrogen and oxygen atoms in total. The maximum atomic E-state index is 12.0. The highest BCUT2D eigenvalue weighted by Gasteiger charge is 2.25. The van der Waals surface area contributed by atoms with Crippen LogP contribution in [0, 0.1) is 0 Å². The Hall–Kier alpha value is -0.910. The molecule has 0 aliphatic carbocycles. The van der Waals surface area contributed by atoms with Crippen molar-refractivity contribution < 1.29 is 18.5 Å². The van der Waals surface area contributed by atoms with Gasteiger partial charge < -0.3 is 10.1 Å². The molecule has 0 heterocycles. The fourth-order valence-corrected chi connectivity index (χ4v) is 2.68. The highest BCUT2D eigenvalue weighted by Crippen LogP contribution is 2.09. The van der Waals surface area contributed by atoms with Crippen molar-refractivity contribution in [1.29, 1.82) is 0 Å². The summed E-state index contributed by atoms with van der Waals surface area (Å²) in [5.74, 6) is -0.632. The van der Waals surface area contributed by atoms with E-state index in [0.29, 0.717) is 6.54 Å². The molecule has 18 heavy (non-hydrogen) atoms. The molecule has 0 bridgehead atoms. The molecule has 0 saturated heterocycles. The van der Waals surface area contributed by atoms with Crippen LogP contribution in [0.15, 0.2) is 0 Å². The van der Waals surface area contributed by atoms with Crippen molar-refractivity contribution in [2.45, 2.75) is 50.5 Å². The van der Waals surface area contributed by atoms with Gasteiger partial charge in [-0.15, -0.1) is 0 Å². The van der Waals surface area contributed by atoms with Crippen molar-refractivity contribution in [3.8, 4) is 0 Å². The minimum absolute atomic E-state index is 0.0652. The van der Waals surface area contributed by atoms with Gasteiger partial charge in [0, 0.05) is 22.6 Å². The number of hydrogen-bond donors (Lipinski definition) is 1. The van der Waals surface area contributed by atoms with Crippen molar-refractivity contribution >= 4 is 22.7 Å². The zero-order chi connectivity index (χ0) is 14.1. The number of methoxy groups -OCH3 is 1. The van der Waals surface area contributed by atoms with E-state index in [0.717, 1.165) is 12.8 Å². The van der Waals surface area contributed by atoms with Crippen LogP contribution in [0.1, 0.15) is 40.0 Å². The summed E-state index contributed by atoms with van der Waals surface area (Å²) in [6, 6.07) is 0. The molecule has 0 aromatic rings. The number of carbonyl (C=O) groups is 2. The van der Waals surface area contributed by atoms with Gasteiger partial charge in [-0.1, -0.05) is 20.3 Å². The van der Waals surface area contributed by atoms with Gasteiger partial charge in [-0.25, -0.2) is 0 Å². The third kappa shape index (κ3) is 6.14. The minimum atomic E-state index is -1.38. The van der Waals surface area contributed by atoms with Crippen LogP contribution in [-0.2, 0) is 25.1 Å². The average molecular weight is 277 g/mol. The van der Waals surface area contributed by atoms with Gasteiger partial charge in [0.05, 0.1) is 13.5 Å². The second-order valence-electron chi connectivity index (χ2n) is 4.21. The van der Waals surface area contributed by atoms with Crippen LogP contribution < -0.4 is 5.32 Å². The van der Waals surface area contributed by atoms with Crippen molar-refractivity contribution in [3.05, 3.63) is 0 Å². The van der Waals surface area contributed by atoms with Crippen LogP contribution in [0.4, 0.5) is 0 Å². The predicted molar refractivity (Wildman–Crippen MR) is 71.6 cm³/mol. The van der Waals surface area contributed by atoms with Gasteiger partial charge in [-0.3, -0.25) is 13.8 Å². The SMILES string of the molecule is CCCCNC(=O)C(C)S(=O)C(C)CC(=O)OC. The lowest BCUT2D eigenvalue weighted by Gasteiger charge is -2.16. The lowest BCUT2D eigenvalue weighted by Crippen LogP contribution is -2.39. The number of rotatable bonds is 8. The monoisotopic (exact) mass is 277 g/mol. The number of hydrogen-bond acceptors (Lipinski definition) is 4. The lowest BCUT2D eigenvalue weighted by atomic mass is 10.3. The molecule has 106 valence electrons. The summed E-state index contributed by atoms with van der Waals surface area (Å²) in [6.45, 7) is 5.93. The molecule has 1 N–H and O–H groups in total. The quantitative estimate of drug-likeness (QED) is 0.530. The van der Waals surface area contributed by atoms with E-state index in [1.807, 2.05) is 6.92 Å². The molecule has 0 fully saturated rings. The van der Waals surface area contributed by atoms with E-state index in [-0.39, 0.29) is 17.6 Å². The van der Waals surface area contributed by atoms with Gasteiger partial charge in [-0.2, -0.15) is 0 Å². The normalized spacial score (nSPS) is 15.6. The molecule has 0 aromatic carbocycles. The first-order valence-corrected chi connectivity index (χ1v) is 7.45. The largest absolute Gasteiger partial charge is 0.469 e. The molecule has 3 unspecified atom stereocenters. The first-order chi connectivity index (χ1) is 8.43. The number of unbranched alkanes of at least 4 members (excludes halogenated alkanes) is 1. The first kappa shape index (κ1) is 17.1. The molecule has 0 aliphatic rings. The lowest BCUT2D eigenvalue weighted by molar-refractivity contribution is -0.140. The Bertz CT molecular complexity index is 306. The third-order valence-electron chi connectivity index (χ3n) is 2.63. The van der Waals surface area contributed by atoms with Crippen molar-refractivity contribution in [2.75, 3.05) is 13.7 Å². The molecule has 0 rings (SSSR count). The smallest absolute Gasteiger partial charge is 0.306 e. The Balaban J connectivity index is 4.22. The number of nitrogens with one attached hydrogen (secondary N) is 1. The van der Waals surface area contributed by atoms with E-state index < -0.39 is 22.0 Å². The molecule has 3 atom stereocenters. The highest BCUT2D eigenvalue weighted by molar-refractivity contribution is 7.87. The van der Waals surface area contributed by atoms with Crippen molar-refractivity contribution in [1.82, 2.24) is 5.32 Å². The fourth-order valence-electron chi connectivity index (χ4n) is 1.39. The Morgan fingerprint density at radius 1 is 1.33 bits per heavy atom. The van der Waals surface area contributed by atoms with Crippen LogP contribution >= 0.6 is 0 Å². The first-order valence-electron chi connectivity index (χ1n) is 6.17. The van der Waals surface area contributed by atoms with E-state index in [2.05, 4.69) is 10.1 Å². The molecule has 0 aliphatic heterocycles. The van der Waals surface area contributed by atoms with Crippen LogP contribution in [0.2, 0.25) is 0 Å². The standard InChI is InChI=1S/C12H23NO4S/c1-5-6-7-13-12(15)10(3)18(16)9(2)8-11(14)17-4/h9-10H,5-8H2,1-4H3,(H,13,15). The Kier molecular flexibility index (Phi) is 8.62. The van der Waals surface area contributed by atoms with Crippen LogP contribution in [-0.4, -0.2) is 40.2 Å². The number of esters is 1. The second-order valence-corrected chi connectivity index (χ2v) is 6.38. The fraction of sp³-hybridized carbons (Fsp3) is 0.833. The molecular formula is C12H23NO4S. The number of amides is 1. The topological polar surface area (TPSA) is 72.5 Å². The van der Waals surface area contributed by atoms with E-state index in [1.165, 1.54) is 7.11 Å². The maximum absolute atomic E-state index is 12.0. The average Bonchev–Trinajstić information content (AvgIpc) is 2.36. The molecule has 0 spiro atoms. The molecule has 0 aromatic heterocycles. The second kappa shape index (κ2) is 9.08. The van der Waals surface area contributed by atoms with Gasteiger partial charge in [0.15, 0.2) is 0 Å². The van der Waals surface area contributed by atoms with Crippen LogP contribution in [0.3, 0.4) is 0 Å². The summed E-state index contributed by atoms with van der Waals surface area (Å²) >= 11 is 0. The summed E-state index contributed by atoms with van der Waals surface area (Å²) in [7, 11) is -0.0896. The van der Waals surface area contributed by atoms with Crippen LogP contribution in [0.25, 0.3) is 0 Å². The molecule has 0 radical (unpaired) electrons. The summed E-state index contributed by atoms with van der Waals surface area (Å²) in [5.41, 5.74) is 0. The Labute approximate surface area is 111 Å². The molecule has 6 heteroatoms. The summed E-state index contributed by atoms with van der Waals surface area (Å²) in [4.78, 5) is 22.8. The Morgan fingerprint density at radius 2 is 1.94 bits per heavy atom. The zero-order valence-electron chi connectivity index (χ0n) is 11.5. The molecule has 1 amide bonds. The summed E-state index contributed by atoms with van der Waals surface area (Å²) in [5, 5.41) is 1.74. The van der Waals surface area contributed by atoms with E-state index in [4.69, 9.17) is 0 Å². The van der Waals surface area contributed by atoms with Gasteiger partial charge in [0.2, 0.25) is 5.91 Å². The molecular weight excluding hydrogens is 254 g/mol. The van der Waals surface area contributed by atoms with Gasteiger partial charge in [0.25, 0.3) is 0 Å². The number of ether oxygens (including phenoxy) is 1. The predicted octanol–water partition coefficient (Wildman–Crippen LogP) is 0.991. The van der Waals surface area contributed by atoms with Crippen molar-refractivity contribution in [2.24, 2.45) is 0 Å². The van der Waals surface area contributed by atoms with Crippen LogP contribution in [0.5, 0.6) is 0 Å². The maximum Gasteiger partial charge on any atom is 0.306 e. The van der Waals surface area contributed by atoms with Gasteiger partial charge in [-0.05, 0) is 13.3 Å². The van der Waals surface area contributed by atoms with Gasteiger partial charge in [0.1, 0.15) is 5.25 Å². The van der Waals surface area contributed by atoms with E-state index >= 15 is 0 Å². The molecule has 0 saturated carbocycles. The van der Waals surface area contributed by atoms with Crippen molar-refractivity contribution in [3.63, 3.8) is 0 Å². The number of carbonyl (C=O) groups excluding carboxylic acids is 2. The highest BCUT2D eigenvalue weighted by atomic mass is 32.2. The van der Waals surface area contributed by atoms with Gasteiger partial charge >= 0.3 is 5.97 Å². The minimum Gasteiger partial charge on any atom is -0.469 e. The zero-order valence-corrected chi connectivity index (χ0v) is 12.3. The Morgan fingerprint density at radius 3 is 2.44 bits per heavy atom.